The molecule has 0 aliphatic heterocycles. The van der Waals surface area contributed by atoms with Crippen LogP contribution < -0.4 is 10.6 Å². The Morgan fingerprint density at radius 2 is 1.85 bits per heavy atom. The van der Waals surface area contributed by atoms with Gasteiger partial charge in [-0.05, 0) is 18.9 Å². The van der Waals surface area contributed by atoms with Crippen LogP contribution in [-0.4, -0.2) is 48.2 Å². The Morgan fingerprint density at radius 3 is 2.48 bits per heavy atom. The molecule has 9 heteroatoms. The predicted molar refractivity (Wildman–Crippen MR) is 94.6 cm³/mol. The van der Waals surface area contributed by atoms with Crippen LogP contribution in [0.5, 0.6) is 0 Å². The molecule has 0 saturated heterocycles. The molecule has 1 aromatic carbocycles. The summed E-state index contributed by atoms with van der Waals surface area (Å²) in [6.07, 6.45) is 1.46. The zero-order valence-electron chi connectivity index (χ0n) is 14.8. The van der Waals surface area contributed by atoms with E-state index in [0.717, 1.165) is 11.6 Å². The molecule has 0 bridgehead atoms. The molecule has 9 nitrogen and oxygen atoms in total. The Kier molecular flexibility index (Phi) is 9.69. The molecule has 0 unspecified atom stereocenters. The van der Waals surface area contributed by atoms with Crippen molar-refractivity contribution in [1.29, 1.82) is 0 Å². The molecule has 0 radical (unpaired) electrons. The van der Waals surface area contributed by atoms with Gasteiger partial charge in [-0.15, -0.1) is 0 Å². The van der Waals surface area contributed by atoms with Crippen molar-refractivity contribution in [3.8, 4) is 0 Å². The van der Waals surface area contributed by atoms with Gasteiger partial charge < -0.3 is 25.2 Å². The molecular formula is C18H22N2O7. The molecule has 27 heavy (non-hydrogen) atoms. The summed E-state index contributed by atoms with van der Waals surface area (Å²) in [5.41, 5.74) is 0.788. The summed E-state index contributed by atoms with van der Waals surface area (Å²) < 4.78 is 9.60. The molecule has 2 amide bonds. The highest BCUT2D eigenvalue weighted by Gasteiger charge is 2.19. The number of rotatable bonds is 10. The molecule has 1 aromatic rings. The third-order valence-electron chi connectivity index (χ3n) is 3.15. The smallest absolute Gasteiger partial charge is 0.407 e. The Balaban J connectivity index is 2.35. The number of aliphatic carboxylic acids is 1. The van der Waals surface area contributed by atoms with E-state index in [1.165, 1.54) is 6.08 Å². The highest BCUT2D eigenvalue weighted by molar-refractivity contribution is 5.87. The zero-order valence-corrected chi connectivity index (χ0v) is 14.8. The summed E-state index contributed by atoms with van der Waals surface area (Å²) in [6, 6.07) is 7.74. The van der Waals surface area contributed by atoms with Crippen molar-refractivity contribution in [2.45, 2.75) is 26.0 Å². The number of benzene rings is 1. The lowest BCUT2D eigenvalue weighted by Gasteiger charge is -2.13. The van der Waals surface area contributed by atoms with Crippen molar-refractivity contribution in [3.63, 3.8) is 0 Å². The van der Waals surface area contributed by atoms with Crippen molar-refractivity contribution in [2.75, 3.05) is 13.2 Å². The predicted octanol–water partition coefficient (Wildman–Crippen LogP) is 0.992. The molecular weight excluding hydrogens is 356 g/mol. The second-order valence-electron chi connectivity index (χ2n) is 5.26. The SMILES string of the molecule is CCOC(=O)/C=C/C[C@H](NC(=O)CNC(=O)OCc1ccccc1)C(=O)O. The minimum atomic E-state index is -1.27. The summed E-state index contributed by atoms with van der Waals surface area (Å²) in [5, 5.41) is 13.6. The normalized spacial score (nSPS) is 11.4. The van der Waals surface area contributed by atoms with Gasteiger partial charge in [-0.3, -0.25) is 4.79 Å². The van der Waals surface area contributed by atoms with Gasteiger partial charge in [0.05, 0.1) is 6.61 Å². The van der Waals surface area contributed by atoms with Crippen LogP contribution in [0.1, 0.15) is 18.9 Å². The van der Waals surface area contributed by atoms with Gasteiger partial charge in [-0.2, -0.15) is 0 Å². The van der Waals surface area contributed by atoms with E-state index in [1.54, 1.807) is 31.2 Å². The first-order chi connectivity index (χ1) is 12.9. The lowest BCUT2D eigenvalue weighted by molar-refractivity contribution is -0.141. The van der Waals surface area contributed by atoms with Gasteiger partial charge in [0.2, 0.25) is 5.91 Å². The number of ether oxygens (including phenoxy) is 2. The third-order valence-corrected chi connectivity index (χ3v) is 3.15. The quantitative estimate of drug-likeness (QED) is 0.409. The number of esters is 1. The Bertz CT molecular complexity index is 674. The van der Waals surface area contributed by atoms with E-state index < -0.39 is 36.5 Å². The van der Waals surface area contributed by atoms with Crippen LogP contribution in [0.25, 0.3) is 0 Å². The van der Waals surface area contributed by atoms with Gasteiger partial charge >= 0.3 is 18.0 Å². The van der Waals surface area contributed by atoms with E-state index >= 15 is 0 Å². The van der Waals surface area contributed by atoms with Gasteiger partial charge in [0, 0.05) is 6.08 Å². The number of hydrogen-bond donors (Lipinski definition) is 3. The van der Waals surface area contributed by atoms with Gasteiger partial charge in [0.1, 0.15) is 19.2 Å². The van der Waals surface area contributed by atoms with Crippen molar-refractivity contribution in [2.24, 2.45) is 0 Å². The lowest BCUT2D eigenvalue weighted by Crippen LogP contribution is -2.45. The molecule has 0 saturated carbocycles. The largest absolute Gasteiger partial charge is 0.480 e. The topological polar surface area (TPSA) is 131 Å². The van der Waals surface area contributed by atoms with E-state index in [1.807, 2.05) is 6.07 Å². The minimum absolute atomic E-state index is 0.0463. The van der Waals surface area contributed by atoms with Crippen LogP contribution in [-0.2, 0) is 30.5 Å². The minimum Gasteiger partial charge on any atom is -0.480 e. The van der Waals surface area contributed by atoms with Crippen LogP contribution in [0.15, 0.2) is 42.5 Å². The highest BCUT2D eigenvalue weighted by Crippen LogP contribution is 2.00. The van der Waals surface area contributed by atoms with Crippen LogP contribution >= 0.6 is 0 Å². The molecule has 0 heterocycles. The van der Waals surface area contributed by atoms with Gasteiger partial charge in [0.15, 0.2) is 0 Å². The van der Waals surface area contributed by atoms with Crippen molar-refractivity contribution >= 4 is 23.9 Å². The fraction of sp³-hybridized carbons (Fsp3) is 0.333. The number of alkyl carbamates (subject to hydrolysis) is 1. The fourth-order valence-electron chi connectivity index (χ4n) is 1.88. The van der Waals surface area contributed by atoms with Crippen molar-refractivity contribution in [1.82, 2.24) is 10.6 Å². The first-order valence-electron chi connectivity index (χ1n) is 8.22. The summed E-state index contributed by atoms with van der Waals surface area (Å²) in [5.74, 6) is -2.58. The second kappa shape index (κ2) is 12.1. The van der Waals surface area contributed by atoms with E-state index in [9.17, 15) is 19.2 Å². The number of carbonyl (C=O) groups is 4. The molecule has 0 aliphatic rings. The third kappa shape index (κ3) is 9.63. The van der Waals surface area contributed by atoms with Crippen LogP contribution in [0.3, 0.4) is 0 Å². The first kappa shape index (κ1) is 21.7. The summed E-state index contributed by atoms with van der Waals surface area (Å²) >= 11 is 0. The van der Waals surface area contributed by atoms with Crippen molar-refractivity contribution < 1.29 is 33.8 Å². The average molecular weight is 378 g/mol. The second-order valence-corrected chi connectivity index (χ2v) is 5.26. The lowest BCUT2D eigenvalue weighted by atomic mass is 10.2. The molecule has 0 fully saturated rings. The molecule has 146 valence electrons. The Labute approximate surface area is 156 Å². The Hall–Kier alpha value is -3.36. The summed E-state index contributed by atoms with van der Waals surface area (Å²) in [6.45, 7) is 1.45. The fourth-order valence-corrected chi connectivity index (χ4v) is 1.88. The number of carboxylic acids is 1. The maximum atomic E-state index is 11.8. The zero-order chi connectivity index (χ0) is 20.1. The molecule has 0 aromatic heterocycles. The van der Waals surface area contributed by atoms with Gasteiger partial charge in [0.25, 0.3) is 0 Å². The number of hydrogen-bond acceptors (Lipinski definition) is 6. The summed E-state index contributed by atoms with van der Waals surface area (Å²) in [7, 11) is 0. The van der Waals surface area contributed by atoms with E-state index in [4.69, 9.17) is 9.84 Å². The highest BCUT2D eigenvalue weighted by atomic mass is 16.5. The number of nitrogens with one attached hydrogen (secondary N) is 2. The number of carbonyl (C=O) groups excluding carboxylic acids is 3. The van der Waals surface area contributed by atoms with Crippen molar-refractivity contribution in [3.05, 3.63) is 48.0 Å². The van der Waals surface area contributed by atoms with Crippen LogP contribution in [0.2, 0.25) is 0 Å². The molecule has 1 rings (SSSR count). The standard InChI is InChI=1S/C18H22N2O7/c1-2-26-16(22)10-6-9-14(17(23)24)20-15(21)11-19-18(25)27-12-13-7-4-3-5-8-13/h3-8,10,14H,2,9,11-12H2,1H3,(H,19,25)(H,20,21)(H,23,24)/b10-6+/t14-/m0/s1. The Morgan fingerprint density at radius 1 is 1.15 bits per heavy atom. The van der Waals surface area contributed by atoms with Crippen LogP contribution in [0.4, 0.5) is 4.79 Å². The molecule has 1 atom stereocenters. The first-order valence-corrected chi connectivity index (χ1v) is 8.22. The average Bonchev–Trinajstić information content (AvgIpc) is 2.64. The number of carboxylic acid groups (broad SMARTS) is 1. The summed E-state index contributed by atoms with van der Waals surface area (Å²) in [4.78, 5) is 45.6. The van der Waals surface area contributed by atoms with E-state index in [2.05, 4.69) is 15.4 Å². The monoisotopic (exact) mass is 378 g/mol. The van der Waals surface area contributed by atoms with Gasteiger partial charge in [-0.1, -0.05) is 36.4 Å². The molecule has 3 N–H and O–H groups in total. The van der Waals surface area contributed by atoms with E-state index in [0.29, 0.717) is 0 Å². The van der Waals surface area contributed by atoms with Gasteiger partial charge in [-0.25, -0.2) is 14.4 Å². The molecule has 0 spiro atoms. The van der Waals surface area contributed by atoms with Crippen LogP contribution in [0, 0.1) is 0 Å². The maximum absolute atomic E-state index is 11.8. The number of amides is 2. The maximum Gasteiger partial charge on any atom is 0.407 e. The molecule has 0 aliphatic carbocycles. The van der Waals surface area contributed by atoms with E-state index in [-0.39, 0.29) is 19.6 Å².